The topological polar surface area (TPSA) is 82.3 Å². The Morgan fingerprint density at radius 1 is 1.24 bits per heavy atom. The normalized spacial score (nSPS) is 12.0. The summed E-state index contributed by atoms with van der Waals surface area (Å²) in [5.74, 6) is 4.41. The molecule has 6 nitrogen and oxygen atoms in total. The van der Waals surface area contributed by atoms with Gasteiger partial charge in [0.25, 0.3) is 0 Å². The van der Waals surface area contributed by atoms with Crippen molar-refractivity contribution in [2.75, 3.05) is 14.2 Å². The lowest BCUT2D eigenvalue weighted by atomic mass is 10.0. The zero-order chi connectivity index (χ0) is 15.4. The van der Waals surface area contributed by atoms with E-state index in [1.165, 1.54) is 26.5 Å². The van der Waals surface area contributed by atoms with E-state index in [9.17, 15) is 8.78 Å². The molecule has 3 N–H and O–H groups in total. The van der Waals surface area contributed by atoms with Gasteiger partial charge >= 0.3 is 0 Å². The van der Waals surface area contributed by atoms with Crippen LogP contribution in [0, 0.1) is 11.6 Å². The van der Waals surface area contributed by atoms with Gasteiger partial charge in [0.05, 0.1) is 26.5 Å². The molecule has 1 aromatic heterocycles. The van der Waals surface area contributed by atoms with Crippen molar-refractivity contribution in [2.24, 2.45) is 5.84 Å². The van der Waals surface area contributed by atoms with Gasteiger partial charge in [-0.05, 0) is 6.07 Å². The number of benzene rings is 1. The number of nitrogens with two attached hydrogens (primary N) is 1. The molecule has 0 fully saturated rings. The number of hydrogen-bond acceptors (Lipinski definition) is 6. The van der Waals surface area contributed by atoms with Crippen molar-refractivity contribution in [1.82, 2.24) is 15.4 Å². The fourth-order valence-corrected chi connectivity index (χ4v) is 1.86. The molecule has 112 valence electrons. The van der Waals surface area contributed by atoms with Gasteiger partial charge in [0.15, 0.2) is 0 Å². The highest BCUT2D eigenvalue weighted by atomic mass is 19.1. The monoisotopic (exact) mass is 296 g/mol. The Bertz CT molecular complexity index is 640. The number of hydrazine groups is 1. The lowest BCUT2D eigenvalue weighted by molar-refractivity contribution is 0.352. The van der Waals surface area contributed by atoms with Crippen LogP contribution in [0.15, 0.2) is 24.4 Å². The summed E-state index contributed by atoms with van der Waals surface area (Å²) in [5, 5.41) is 0. The Kier molecular flexibility index (Phi) is 4.61. The van der Waals surface area contributed by atoms with Crippen molar-refractivity contribution in [1.29, 1.82) is 0 Å². The summed E-state index contributed by atoms with van der Waals surface area (Å²) in [7, 11) is 2.82. The minimum absolute atomic E-state index is 0.122. The smallest absolute Gasteiger partial charge is 0.240 e. The fourth-order valence-electron chi connectivity index (χ4n) is 1.86. The molecule has 0 aliphatic carbocycles. The predicted octanol–water partition coefficient (Wildman–Crippen LogP) is 1.32. The van der Waals surface area contributed by atoms with Gasteiger partial charge in [-0.1, -0.05) is 6.07 Å². The van der Waals surface area contributed by atoms with Crippen LogP contribution in [0.25, 0.3) is 0 Å². The van der Waals surface area contributed by atoms with Crippen LogP contribution in [0.5, 0.6) is 11.8 Å². The Morgan fingerprint density at radius 2 is 2.00 bits per heavy atom. The second-order valence-electron chi connectivity index (χ2n) is 4.07. The first-order valence-electron chi connectivity index (χ1n) is 5.96. The molecule has 0 aliphatic heterocycles. The fraction of sp³-hybridized carbons (Fsp3) is 0.231. The lowest BCUT2D eigenvalue weighted by Gasteiger charge is -2.18. The molecule has 0 amide bonds. The Morgan fingerprint density at radius 3 is 2.57 bits per heavy atom. The average Bonchev–Trinajstić information content (AvgIpc) is 2.50. The van der Waals surface area contributed by atoms with Crippen molar-refractivity contribution >= 4 is 0 Å². The van der Waals surface area contributed by atoms with E-state index in [4.69, 9.17) is 15.3 Å². The number of aromatic nitrogens is 2. The highest BCUT2D eigenvalue weighted by Gasteiger charge is 2.23. The lowest BCUT2D eigenvalue weighted by Crippen LogP contribution is -2.30. The van der Waals surface area contributed by atoms with E-state index in [2.05, 4.69) is 15.4 Å². The first-order chi connectivity index (χ1) is 10.1. The van der Waals surface area contributed by atoms with Gasteiger partial charge in [-0.2, -0.15) is 4.98 Å². The molecular formula is C13H14F2N4O2. The van der Waals surface area contributed by atoms with Crippen LogP contribution in [0.4, 0.5) is 8.78 Å². The van der Waals surface area contributed by atoms with Crippen molar-refractivity contribution < 1.29 is 18.3 Å². The second-order valence-corrected chi connectivity index (χ2v) is 4.07. The molecule has 0 aliphatic rings. The Hall–Kier alpha value is -2.32. The zero-order valence-corrected chi connectivity index (χ0v) is 11.4. The molecule has 1 heterocycles. The Labute approximate surface area is 119 Å². The summed E-state index contributed by atoms with van der Waals surface area (Å²) in [5.41, 5.74) is 2.80. The first kappa shape index (κ1) is 15.1. The SMILES string of the molecule is COc1cnc(C(NN)c2ccc(F)cc2F)c(OC)n1. The van der Waals surface area contributed by atoms with E-state index < -0.39 is 17.7 Å². The average molecular weight is 296 g/mol. The van der Waals surface area contributed by atoms with Crippen LogP contribution in [-0.4, -0.2) is 24.2 Å². The molecule has 8 heteroatoms. The maximum absolute atomic E-state index is 13.9. The third kappa shape index (κ3) is 3.06. The summed E-state index contributed by atoms with van der Waals surface area (Å²) in [4.78, 5) is 8.17. The summed E-state index contributed by atoms with van der Waals surface area (Å²) in [6.45, 7) is 0. The van der Waals surface area contributed by atoms with Crippen molar-refractivity contribution in [3.63, 3.8) is 0 Å². The molecule has 0 saturated heterocycles. The van der Waals surface area contributed by atoms with Crippen LogP contribution in [0.3, 0.4) is 0 Å². The van der Waals surface area contributed by atoms with Crippen LogP contribution >= 0.6 is 0 Å². The standard InChI is InChI=1S/C13H14F2N4O2/c1-20-10-6-17-12(13(18-10)21-2)11(19-16)8-4-3-7(14)5-9(8)15/h3-6,11,19H,16H2,1-2H3. The first-order valence-corrected chi connectivity index (χ1v) is 5.96. The molecule has 0 saturated carbocycles. The van der Waals surface area contributed by atoms with Crippen LogP contribution < -0.4 is 20.7 Å². The minimum Gasteiger partial charge on any atom is -0.480 e. The molecule has 2 rings (SSSR count). The number of hydrogen-bond donors (Lipinski definition) is 2. The van der Waals surface area contributed by atoms with Crippen LogP contribution in [-0.2, 0) is 0 Å². The minimum atomic E-state index is -0.848. The molecular weight excluding hydrogens is 282 g/mol. The third-order valence-electron chi connectivity index (χ3n) is 2.86. The Balaban J connectivity index is 2.50. The van der Waals surface area contributed by atoms with Gasteiger partial charge in [0.2, 0.25) is 11.8 Å². The van der Waals surface area contributed by atoms with Gasteiger partial charge in [0, 0.05) is 11.6 Å². The van der Waals surface area contributed by atoms with E-state index in [1.807, 2.05) is 0 Å². The van der Waals surface area contributed by atoms with E-state index in [0.717, 1.165) is 12.1 Å². The quantitative estimate of drug-likeness (QED) is 0.640. The molecule has 1 unspecified atom stereocenters. The number of halogens is 2. The van der Waals surface area contributed by atoms with Crippen molar-refractivity contribution in [2.45, 2.75) is 6.04 Å². The molecule has 0 radical (unpaired) electrons. The maximum atomic E-state index is 13.9. The summed E-state index contributed by atoms with van der Waals surface area (Å²) < 4.78 is 37.0. The van der Waals surface area contributed by atoms with Crippen LogP contribution in [0.2, 0.25) is 0 Å². The largest absolute Gasteiger partial charge is 0.480 e. The molecule has 1 aromatic carbocycles. The van der Waals surface area contributed by atoms with Gasteiger partial charge in [0.1, 0.15) is 17.3 Å². The van der Waals surface area contributed by atoms with Gasteiger partial charge in [-0.25, -0.2) is 19.2 Å². The highest BCUT2D eigenvalue weighted by Crippen LogP contribution is 2.29. The molecule has 21 heavy (non-hydrogen) atoms. The summed E-state index contributed by atoms with van der Waals surface area (Å²) in [6, 6.07) is 2.33. The van der Waals surface area contributed by atoms with E-state index >= 15 is 0 Å². The predicted molar refractivity (Wildman–Crippen MR) is 70.7 cm³/mol. The van der Waals surface area contributed by atoms with Crippen molar-refractivity contribution in [3.05, 3.63) is 47.3 Å². The van der Waals surface area contributed by atoms with E-state index in [-0.39, 0.29) is 23.0 Å². The number of nitrogens with one attached hydrogen (secondary N) is 1. The third-order valence-corrected chi connectivity index (χ3v) is 2.86. The number of ether oxygens (including phenoxy) is 2. The molecule has 2 aromatic rings. The number of nitrogens with zero attached hydrogens (tertiary/aromatic N) is 2. The summed E-state index contributed by atoms with van der Waals surface area (Å²) >= 11 is 0. The zero-order valence-electron chi connectivity index (χ0n) is 11.4. The second kappa shape index (κ2) is 6.42. The maximum Gasteiger partial charge on any atom is 0.240 e. The van der Waals surface area contributed by atoms with Gasteiger partial charge in [-0.3, -0.25) is 5.84 Å². The molecule has 1 atom stereocenters. The van der Waals surface area contributed by atoms with Gasteiger partial charge in [-0.15, -0.1) is 0 Å². The molecule has 0 spiro atoms. The summed E-state index contributed by atoms with van der Waals surface area (Å²) in [6.07, 6.45) is 1.35. The van der Waals surface area contributed by atoms with Crippen molar-refractivity contribution in [3.8, 4) is 11.8 Å². The van der Waals surface area contributed by atoms with E-state index in [0.29, 0.717) is 0 Å². The number of rotatable bonds is 5. The van der Waals surface area contributed by atoms with Gasteiger partial charge < -0.3 is 9.47 Å². The highest BCUT2D eigenvalue weighted by molar-refractivity contribution is 5.35. The molecule has 0 bridgehead atoms. The van der Waals surface area contributed by atoms with Crippen LogP contribution in [0.1, 0.15) is 17.3 Å². The number of methoxy groups -OCH3 is 2. The van der Waals surface area contributed by atoms with E-state index in [1.54, 1.807) is 0 Å².